The molecule has 0 saturated carbocycles. The smallest absolute Gasteiger partial charge is 0.152 e. The van der Waals surface area contributed by atoms with Crippen molar-refractivity contribution in [3.63, 3.8) is 0 Å². The lowest BCUT2D eigenvalue weighted by molar-refractivity contribution is 0.472. The molecule has 3 nitrogen and oxygen atoms in total. The number of nitrogens with zero attached hydrogens (tertiary/aromatic N) is 2. The highest BCUT2D eigenvalue weighted by molar-refractivity contribution is 6.07. The molecule has 0 radical (unpaired) electrons. The number of benzene rings is 9. The van der Waals surface area contributed by atoms with E-state index in [1.807, 2.05) is 0 Å². The van der Waals surface area contributed by atoms with Gasteiger partial charge in [-0.05, 0) is 92.7 Å². The second kappa shape index (κ2) is 12.5. The molecule has 0 spiro atoms. The van der Waals surface area contributed by atoms with Crippen LogP contribution in [-0.4, -0.2) is 0 Å². The van der Waals surface area contributed by atoms with Crippen LogP contribution in [0.25, 0.3) is 43.8 Å². The highest BCUT2D eigenvalue weighted by Crippen LogP contribution is 2.62. The molecule has 2 aliphatic heterocycles. The Labute approximate surface area is 327 Å². The van der Waals surface area contributed by atoms with Crippen LogP contribution >= 0.6 is 0 Å². The molecule has 56 heavy (non-hydrogen) atoms. The van der Waals surface area contributed by atoms with E-state index in [2.05, 4.69) is 218 Å². The van der Waals surface area contributed by atoms with Crippen LogP contribution in [0.1, 0.15) is 25.0 Å². The summed E-state index contributed by atoms with van der Waals surface area (Å²) >= 11 is 0. The first-order chi connectivity index (χ1) is 27.5. The summed E-state index contributed by atoms with van der Waals surface area (Å²) in [6.07, 6.45) is 0. The van der Waals surface area contributed by atoms with Crippen LogP contribution in [0.2, 0.25) is 0 Å². The van der Waals surface area contributed by atoms with Crippen molar-refractivity contribution >= 4 is 55.7 Å². The fourth-order valence-electron chi connectivity index (χ4n) is 9.17. The summed E-state index contributed by atoms with van der Waals surface area (Å²) in [7, 11) is 0. The predicted octanol–water partition coefficient (Wildman–Crippen LogP) is 15.0. The van der Waals surface area contributed by atoms with E-state index in [9.17, 15) is 0 Å². The molecule has 9 aromatic carbocycles. The van der Waals surface area contributed by atoms with Gasteiger partial charge in [0, 0.05) is 27.6 Å². The van der Waals surface area contributed by atoms with Gasteiger partial charge in [-0.1, -0.05) is 159 Å². The van der Waals surface area contributed by atoms with E-state index >= 15 is 0 Å². The molecule has 2 heterocycles. The van der Waals surface area contributed by atoms with E-state index in [4.69, 9.17) is 4.74 Å². The van der Waals surface area contributed by atoms with Crippen molar-refractivity contribution in [2.45, 2.75) is 19.3 Å². The molecule has 0 N–H and O–H groups in total. The van der Waals surface area contributed by atoms with Gasteiger partial charge in [-0.2, -0.15) is 0 Å². The van der Waals surface area contributed by atoms with E-state index in [1.54, 1.807) is 0 Å². The Kier molecular flexibility index (Phi) is 7.20. The molecule has 0 bridgehead atoms. The highest BCUT2D eigenvalue weighted by Gasteiger charge is 2.43. The second-order valence-electron chi connectivity index (χ2n) is 15.3. The average molecular weight is 719 g/mol. The third kappa shape index (κ3) is 4.91. The van der Waals surface area contributed by atoms with Crippen LogP contribution < -0.4 is 14.5 Å². The van der Waals surface area contributed by atoms with Gasteiger partial charge in [-0.25, -0.2) is 0 Å². The van der Waals surface area contributed by atoms with Gasteiger partial charge >= 0.3 is 0 Å². The Morgan fingerprint density at radius 1 is 0.446 bits per heavy atom. The van der Waals surface area contributed by atoms with Crippen LogP contribution in [0.5, 0.6) is 11.5 Å². The maximum Gasteiger partial charge on any atom is 0.152 e. The Morgan fingerprint density at radius 2 is 1.04 bits per heavy atom. The summed E-state index contributed by atoms with van der Waals surface area (Å²) in [6.45, 7) is 4.72. The molecule has 0 unspecified atom stereocenters. The largest absolute Gasteiger partial charge is 0.453 e. The Morgan fingerprint density at radius 3 is 1.80 bits per heavy atom. The zero-order chi connectivity index (χ0) is 37.4. The lowest BCUT2D eigenvalue weighted by Crippen LogP contribution is -2.33. The molecule has 9 aromatic rings. The maximum absolute atomic E-state index is 6.67. The molecule has 0 saturated heterocycles. The quantitative estimate of drug-likeness (QED) is 0.176. The molecular formula is C53H38N2O. The summed E-state index contributed by atoms with van der Waals surface area (Å²) in [5.41, 5.74) is 13.9. The van der Waals surface area contributed by atoms with Crippen LogP contribution in [-0.2, 0) is 5.41 Å². The van der Waals surface area contributed by atoms with Gasteiger partial charge < -0.3 is 14.5 Å². The minimum Gasteiger partial charge on any atom is -0.453 e. The number of hydrogen-bond acceptors (Lipinski definition) is 3. The van der Waals surface area contributed by atoms with E-state index in [0.29, 0.717) is 0 Å². The van der Waals surface area contributed by atoms with Crippen LogP contribution in [0.15, 0.2) is 194 Å². The molecule has 0 aromatic heterocycles. The van der Waals surface area contributed by atoms with Crippen molar-refractivity contribution < 1.29 is 4.74 Å². The monoisotopic (exact) mass is 718 g/mol. The van der Waals surface area contributed by atoms with Crippen molar-refractivity contribution in [1.29, 1.82) is 0 Å². The number of anilines is 6. The second-order valence-corrected chi connectivity index (χ2v) is 15.3. The molecule has 266 valence electrons. The average Bonchev–Trinajstić information content (AvgIpc) is 3.25. The van der Waals surface area contributed by atoms with E-state index in [0.717, 1.165) is 39.9 Å². The Hall–Kier alpha value is -7.10. The fourth-order valence-corrected chi connectivity index (χ4v) is 9.17. The van der Waals surface area contributed by atoms with E-state index in [1.165, 1.54) is 60.6 Å². The molecule has 11 rings (SSSR count). The fraction of sp³-hybridized carbons (Fsp3) is 0.0566. The standard InChI is InChI=1S/C53H38N2O/c1-53(2)45-21-12-24-48-52(45)55(51-44-19-9-7-16-38(44)29-34-49(51)56-48)47-23-11-20-43(50(47)53)39-27-32-41(33-28-39)54(46-22-10-17-37-15-6-8-18-42(37)46)40-30-25-36(26-31-40)35-13-4-3-5-14-35/h3-34H,1-2H3. The molecule has 0 fully saturated rings. The zero-order valence-corrected chi connectivity index (χ0v) is 31.3. The third-order valence-corrected chi connectivity index (χ3v) is 11.8. The van der Waals surface area contributed by atoms with E-state index < -0.39 is 0 Å². The van der Waals surface area contributed by atoms with Crippen molar-refractivity contribution in [1.82, 2.24) is 0 Å². The first-order valence-electron chi connectivity index (χ1n) is 19.4. The third-order valence-electron chi connectivity index (χ3n) is 11.8. The summed E-state index contributed by atoms with van der Waals surface area (Å²) in [5.74, 6) is 1.77. The van der Waals surface area contributed by atoms with Crippen molar-refractivity contribution in [3.8, 4) is 33.8 Å². The highest BCUT2D eigenvalue weighted by atomic mass is 16.5. The number of para-hydroxylation sites is 1. The maximum atomic E-state index is 6.67. The first-order valence-corrected chi connectivity index (χ1v) is 19.4. The van der Waals surface area contributed by atoms with Gasteiger partial charge in [0.25, 0.3) is 0 Å². The minimum absolute atomic E-state index is 0.298. The van der Waals surface area contributed by atoms with Gasteiger partial charge in [0.2, 0.25) is 0 Å². The normalized spacial score (nSPS) is 13.4. The number of rotatable bonds is 5. The Bertz CT molecular complexity index is 2960. The van der Waals surface area contributed by atoms with Gasteiger partial charge in [0.1, 0.15) is 0 Å². The lowest BCUT2D eigenvalue weighted by atomic mass is 9.70. The van der Waals surface area contributed by atoms with Crippen LogP contribution in [0.4, 0.5) is 34.1 Å². The predicted molar refractivity (Wildman–Crippen MR) is 234 cm³/mol. The topological polar surface area (TPSA) is 15.7 Å². The number of ether oxygens (including phenoxy) is 1. The SMILES string of the molecule is CC1(C)c2cccc3c2N(c2cccc(-c4ccc(N(c5ccc(-c6ccccc6)cc5)c5cccc6ccccc56)cc4)c21)c1c(ccc2ccccc12)O3. The van der Waals surface area contributed by atoms with Gasteiger partial charge in [0.05, 0.1) is 22.7 Å². The Balaban J connectivity index is 1.06. The molecule has 0 atom stereocenters. The van der Waals surface area contributed by atoms with Crippen LogP contribution in [0, 0.1) is 0 Å². The lowest BCUT2D eigenvalue weighted by Gasteiger charge is -2.46. The van der Waals surface area contributed by atoms with Crippen molar-refractivity contribution in [2.75, 3.05) is 9.80 Å². The van der Waals surface area contributed by atoms with Gasteiger partial charge in [-0.15, -0.1) is 0 Å². The summed E-state index contributed by atoms with van der Waals surface area (Å²) in [6, 6.07) is 70.1. The van der Waals surface area contributed by atoms with Gasteiger partial charge in [-0.3, -0.25) is 0 Å². The van der Waals surface area contributed by atoms with Crippen molar-refractivity contribution in [3.05, 3.63) is 205 Å². The molecule has 3 heteroatoms. The summed E-state index contributed by atoms with van der Waals surface area (Å²) in [5, 5.41) is 4.79. The van der Waals surface area contributed by atoms with E-state index in [-0.39, 0.29) is 5.41 Å². The van der Waals surface area contributed by atoms with Crippen molar-refractivity contribution in [2.24, 2.45) is 0 Å². The molecule has 2 aliphatic rings. The van der Waals surface area contributed by atoms with Crippen LogP contribution in [0.3, 0.4) is 0 Å². The number of fused-ring (bicyclic) bond motifs is 7. The summed E-state index contributed by atoms with van der Waals surface area (Å²) in [4.78, 5) is 4.85. The summed E-state index contributed by atoms with van der Waals surface area (Å²) < 4.78 is 6.67. The zero-order valence-electron chi connectivity index (χ0n) is 31.3. The molecule has 0 aliphatic carbocycles. The molecule has 0 amide bonds. The van der Waals surface area contributed by atoms with Gasteiger partial charge in [0.15, 0.2) is 11.5 Å². The molecular weight excluding hydrogens is 681 g/mol. The number of hydrogen-bond donors (Lipinski definition) is 0. The minimum atomic E-state index is -0.298. The first kappa shape index (κ1) is 32.3.